The summed E-state index contributed by atoms with van der Waals surface area (Å²) < 4.78 is 17.6. The van der Waals surface area contributed by atoms with Gasteiger partial charge in [0.25, 0.3) is 0 Å². The molecule has 0 aliphatic carbocycles. The highest BCUT2D eigenvalue weighted by molar-refractivity contribution is 5.98. The summed E-state index contributed by atoms with van der Waals surface area (Å²) in [5.74, 6) is -4.48. The monoisotopic (exact) mass is 251 g/mol. The fourth-order valence-corrected chi connectivity index (χ4v) is 1.33. The first kappa shape index (κ1) is 11.8. The molecule has 0 radical (unpaired) electrons. The van der Waals surface area contributed by atoms with Crippen molar-refractivity contribution in [2.45, 2.75) is 0 Å². The van der Waals surface area contributed by atoms with Crippen LogP contribution in [0.4, 0.5) is 4.39 Å². The van der Waals surface area contributed by atoms with Gasteiger partial charge >= 0.3 is 11.9 Å². The first-order valence-electron chi connectivity index (χ1n) is 4.72. The zero-order valence-corrected chi connectivity index (χ0v) is 8.75. The van der Waals surface area contributed by atoms with Crippen molar-refractivity contribution in [3.05, 3.63) is 41.5 Å². The van der Waals surface area contributed by atoms with Gasteiger partial charge in [0.2, 0.25) is 17.3 Å². The largest absolute Gasteiger partial charge is 0.476 e. The van der Waals surface area contributed by atoms with E-state index in [0.717, 1.165) is 12.1 Å². The van der Waals surface area contributed by atoms with Crippen LogP contribution in [-0.2, 0) is 0 Å². The predicted octanol–water partition coefficient (Wildman–Crippen LogP) is 1.88. The van der Waals surface area contributed by atoms with E-state index in [1.165, 1.54) is 12.1 Å². The van der Waals surface area contributed by atoms with Crippen LogP contribution in [0.1, 0.15) is 21.0 Å². The summed E-state index contributed by atoms with van der Waals surface area (Å²) in [7, 11) is 0. The zero-order valence-electron chi connectivity index (χ0n) is 8.75. The molecular formula is C11H6FNO5. The molecule has 0 aliphatic rings. The predicted molar refractivity (Wildman–Crippen MR) is 55.8 cm³/mol. The normalized spacial score (nSPS) is 10.3. The van der Waals surface area contributed by atoms with E-state index in [1.54, 1.807) is 0 Å². The smallest absolute Gasteiger partial charge is 0.374 e. The molecule has 0 atom stereocenters. The SMILES string of the molecule is O=C(O)c1nc(-c2ccc(F)cc2)oc1C(=O)O. The van der Waals surface area contributed by atoms with Crippen molar-refractivity contribution in [1.82, 2.24) is 4.98 Å². The average Bonchev–Trinajstić information content (AvgIpc) is 2.75. The molecule has 0 amide bonds. The van der Waals surface area contributed by atoms with Gasteiger partial charge in [-0.2, -0.15) is 0 Å². The summed E-state index contributed by atoms with van der Waals surface area (Å²) in [6, 6.07) is 4.86. The van der Waals surface area contributed by atoms with E-state index >= 15 is 0 Å². The maximum atomic E-state index is 12.7. The molecule has 92 valence electrons. The van der Waals surface area contributed by atoms with Crippen LogP contribution in [0.25, 0.3) is 11.5 Å². The number of hydrogen-bond donors (Lipinski definition) is 2. The van der Waals surface area contributed by atoms with Gasteiger partial charge in [0.15, 0.2) is 0 Å². The molecule has 0 bridgehead atoms. The van der Waals surface area contributed by atoms with Crippen LogP contribution < -0.4 is 0 Å². The number of carboxylic acid groups (broad SMARTS) is 2. The molecule has 0 spiro atoms. The van der Waals surface area contributed by atoms with Crippen LogP contribution >= 0.6 is 0 Å². The molecule has 0 aliphatic heterocycles. The number of nitrogens with zero attached hydrogens (tertiary/aromatic N) is 1. The van der Waals surface area contributed by atoms with Gasteiger partial charge < -0.3 is 14.6 Å². The minimum Gasteiger partial charge on any atom is -0.476 e. The van der Waals surface area contributed by atoms with Gasteiger partial charge in [0, 0.05) is 5.56 Å². The van der Waals surface area contributed by atoms with Crippen molar-refractivity contribution in [3.63, 3.8) is 0 Å². The Labute approximate surface area is 99.3 Å². The summed E-state index contributed by atoms with van der Waals surface area (Å²) in [6.07, 6.45) is 0. The van der Waals surface area contributed by atoms with E-state index in [2.05, 4.69) is 4.98 Å². The minimum absolute atomic E-state index is 0.190. The number of halogens is 1. The fraction of sp³-hybridized carbons (Fsp3) is 0. The van der Waals surface area contributed by atoms with E-state index in [-0.39, 0.29) is 11.5 Å². The lowest BCUT2D eigenvalue weighted by molar-refractivity contribution is 0.0624. The number of rotatable bonds is 3. The number of carboxylic acids is 2. The lowest BCUT2D eigenvalue weighted by Crippen LogP contribution is -2.05. The Morgan fingerprint density at radius 3 is 2.17 bits per heavy atom. The first-order valence-corrected chi connectivity index (χ1v) is 4.72. The molecule has 2 aromatic rings. The zero-order chi connectivity index (χ0) is 13.3. The van der Waals surface area contributed by atoms with Crippen LogP contribution in [0.5, 0.6) is 0 Å². The Hall–Kier alpha value is -2.70. The van der Waals surface area contributed by atoms with Crippen LogP contribution in [-0.4, -0.2) is 27.1 Å². The van der Waals surface area contributed by atoms with Gasteiger partial charge in [0.1, 0.15) is 5.82 Å². The van der Waals surface area contributed by atoms with Crippen molar-refractivity contribution in [1.29, 1.82) is 0 Å². The molecule has 0 saturated heterocycles. The van der Waals surface area contributed by atoms with Gasteiger partial charge in [-0.3, -0.25) is 0 Å². The van der Waals surface area contributed by atoms with E-state index < -0.39 is 29.2 Å². The number of benzene rings is 1. The van der Waals surface area contributed by atoms with Crippen LogP contribution in [0.3, 0.4) is 0 Å². The topological polar surface area (TPSA) is 101 Å². The highest BCUT2D eigenvalue weighted by atomic mass is 19.1. The van der Waals surface area contributed by atoms with Crippen molar-refractivity contribution in [3.8, 4) is 11.5 Å². The van der Waals surface area contributed by atoms with Crippen molar-refractivity contribution >= 4 is 11.9 Å². The number of aromatic nitrogens is 1. The second-order valence-electron chi connectivity index (χ2n) is 3.31. The van der Waals surface area contributed by atoms with E-state index in [0.29, 0.717) is 0 Å². The third-order valence-corrected chi connectivity index (χ3v) is 2.12. The third kappa shape index (κ3) is 2.05. The molecular weight excluding hydrogens is 245 g/mol. The van der Waals surface area contributed by atoms with Gasteiger partial charge in [-0.15, -0.1) is 0 Å². The van der Waals surface area contributed by atoms with E-state index in [1.807, 2.05) is 0 Å². The number of carbonyl (C=O) groups is 2. The summed E-state index contributed by atoms with van der Waals surface area (Å²) in [5, 5.41) is 17.5. The number of hydrogen-bond acceptors (Lipinski definition) is 4. The molecule has 1 aromatic heterocycles. The van der Waals surface area contributed by atoms with Crippen molar-refractivity contribution in [2.75, 3.05) is 0 Å². The summed E-state index contributed by atoms with van der Waals surface area (Å²) in [5.41, 5.74) is -0.409. The van der Waals surface area contributed by atoms with Crippen molar-refractivity contribution in [2.24, 2.45) is 0 Å². The molecule has 6 nitrogen and oxygen atoms in total. The molecule has 7 heteroatoms. The maximum absolute atomic E-state index is 12.7. The fourth-order valence-electron chi connectivity index (χ4n) is 1.33. The Balaban J connectivity index is 2.53. The van der Waals surface area contributed by atoms with Gasteiger partial charge in [-0.05, 0) is 24.3 Å². The second kappa shape index (κ2) is 4.28. The highest BCUT2D eigenvalue weighted by Gasteiger charge is 2.25. The molecule has 2 rings (SSSR count). The molecule has 0 fully saturated rings. The third-order valence-electron chi connectivity index (χ3n) is 2.12. The highest BCUT2D eigenvalue weighted by Crippen LogP contribution is 2.22. The standard InChI is InChI=1S/C11H6FNO5/c12-6-3-1-5(2-4-6)9-13-7(10(14)15)8(18-9)11(16)17/h1-4H,(H,14,15)(H,16,17). The Bertz CT molecular complexity index is 585. The summed E-state index contributed by atoms with van der Waals surface area (Å²) >= 11 is 0. The maximum Gasteiger partial charge on any atom is 0.374 e. The Morgan fingerprint density at radius 1 is 1.11 bits per heavy atom. The molecule has 0 unspecified atom stereocenters. The lowest BCUT2D eigenvalue weighted by Gasteiger charge is -1.93. The second-order valence-corrected chi connectivity index (χ2v) is 3.31. The quantitative estimate of drug-likeness (QED) is 0.863. The number of oxazole rings is 1. The minimum atomic E-state index is -1.53. The summed E-state index contributed by atoms with van der Waals surface area (Å²) in [4.78, 5) is 25.1. The van der Waals surface area contributed by atoms with Crippen LogP contribution in [0.2, 0.25) is 0 Å². The van der Waals surface area contributed by atoms with Crippen LogP contribution in [0, 0.1) is 5.82 Å². The molecule has 1 aromatic carbocycles. The van der Waals surface area contributed by atoms with E-state index in [4.69, 9.17) is 14.6 Å². The Morgan fingerprint density at radius 2 is 1.72 bits per heavy atom. The lowest BCUT2D eigenvalue weighted by atomic mass is 10.2. The molecule has 2 N–H and O–H groups in total. The van der Waals surface area contributed by atoms with Gasteiger partial charge in [0.05, 0.1) is 0 Å². The van der Waals surface area contributed by atoms with Crippen LogP contribution in [0.15, 0.2) is 28.7 Å². The summed E-state index contributed by atoms with van der Waals surface area (Å²) in [6.45, 7) is 0. The van der Waals surface area contributed by atoms with Crippen molar-refractivity contribution < 1.29 is 28.6 Å². The molecule has 0 saturated carbocycles. The average molecular weight is 251 g/mol. The Kier molecular flexibility index (Phi) is 2.80. The van der Waals surface area contributed by atoms with Gasteiger partial charge in [-0.25, -0.2) is 19.0 Å². The van der Waals surface area contributed by atoms with Gasteiger partial charge in [-0.1, -0.05) is 0 Å². The number of aromatic carboxylic acids is 2. The van der Waals surface area contributed by atoms with E-state index in [9.17, 15) is 14.0 Å². The first-order chi connectivity index (χ1) is 8.49. The molecule has 18 heavy (non-hydrogen) atoms. The molecule has 1 heterocycles.